The summed E-state index contributed by atoms with van der Waals surface area (Å²) in [5.74, 6) is 1.55. The first-order valence-corrected chi connectivity index (χ1v) is 10.6. The second kappa shape index (κ2) is 8.74. The van der Waals surface area contributed by atoms with Crippen molar-refractivity contribution in [3.05, 3.63) is 66.6 Å². The molecule has 1 aliphatic heterocycles. The quantitative estimate of drug-likeness (QED) is 0.505. The summed E-state index contributed by atoms with van der Waals surface area (Å²) in [6, 6.07) is 20.0. The van der Waals surface area contributed by atoms with Gasteiger partial charge in [0.25, 0.3) is 0 Å². The van der Waals surface area contributed by atoms with E-state index in [2.05, 4.69) is 15.9 Å². The number of carbonyl (C=O) groups is 1. The number of hydrogen-bond donors (Lipinski definition) is 0. The van der Waals surface area contributed by atoms with Gasteiger partial charge in [-0.3, -0.25) is 4.79 Å². The highest BCUT2D eigenvalue weighted by molar-refractivity contribution is 9.09. The molecule has 0 unspecified atom stereocenters. The normalized spacial score (nSPS) is 15.0. The standard InChI is InChI=1S/C23H23BrN2O2/c24-19-13-15-26(16-14-19)21(27)12-11-20-25-22(17-7-3-1-4-8-17)23(28-20)18-9-5-2-6-10-18/h1-10,19H,11-16H2. The molecule has 0 spiro atoms. The molecule has 28 heavy (non-hydrogen) atoms. The number of aromatic nitrogens is 1. The molecule has 0 saturated carbocycles. The Kier molecular flexibility index (Phi) is 5.91. The molecule has 2 aromatic carbocycles. The number of benzene rings is 2. The van der Waals surface area contributed by atoms with Crippen LogP contribution in [0.25, 0.3) is 22.6 Å². The number of aryl methyl sites for hydroxylation is 1. The van der Waals surface area contributed by atoms with Crippen molar-refractivity contribution in [1.29, 1.82) is 0 Å². The van der Waals surface area contributed by atoms with Crippen molar-refractivity contribution < 1.29 is 9.21 Å². The van der Waals surface area contributed by atoms with Crippen LogP contribution in [0.1, 0.15) is 25.2 Å². The minimum Gasteiger partial charge on any atom is -0.440 e. The second-order valence-electron chi connectivity index (χ2n) is 7.07. The molecule has 4 nitrogen and oxygen atoms in total. The van der Waals surface area contributed by atoms with Crippen LogP contribution in [0.2, 0.25) is 0 Å². The Morgan fingerprint density at radius 2 is 1.61 bits per heavy atom. The number of hydrogen-bond acceptors (Lipinski definition) is 3. The lowest BCUT2D eigenvalue weighted by Gasteiger charge is -2.29. The largest absolute Gasteiger partial charge is 0.440 e. The van der Waals surface area contributed by atoms with Gasteiger partial charge < -0.3 is 9.32 Å². The average molecular weight is 439 g/mol. The Hall–Kier alpha value is -2.40. The van der Waals surface area contributed by atoms with E-state index in [9.17, 15) is 4.79 Å². The van der Waals surface area contributed by atoms with Crippen molar-refractivity contribution in [2.24, 2.45) is 0 Å². The number of amides is 1. The first-order valence-electron chi connectivity index (χ1n) is 9.73. The molecule has 1 saturated heterocycles. The van der Waals surface area contributed by atoms with Gasteiger partial charge in [0.05, 0.1) is 0 Å². The van der Waals surface area contributed by atoms with E-state index < -0.39 is 0 Å². The first-order chi connectivity index (χ1) is 13.7. The van der Waals surface area contributed by atoms with E-state index in [0.29, 0.717) is 23.6 Å². The fraction of sp³-hybridized carbons (Fsp3) is 0.304. The molecule has 0 bridgehead atoms. The molecular formula is C23H23BrN2O2. The summed E-state index contributed by atoms with van der Waals surface area (Å²) >= 11 is 3.63. The number of likely N-dealkylation sites (tertiary alicyclic amines) is 1. The molecule has 5 heteroatoms. The van der Waals surface area contributed by atoms with Gasteiger partial charge in [0.1, 0.15) is 5.69 Å². The van der Waals surface area contributed by atoms with Gasteiger partial charge in [-0.15, -0.1) is 0 Å². The lowest BCUT2D eigenvalue weighted by atomic mass is 10.1. The number of nitrogens with zero attached hydrogens (tertiary/aromatic N) is 2. The summed E-state index contributed by atoms with van der Waals surface area (Å²) in [4.78, 5) is 19.8. The maximum atomic E-state index is 12.6. The van der Waals surface area contributed by atoms with E-state index >= 15 is 0 Å². The van der Waals surface area contributed by atoms with Crippen molar-refractivity contribution in [3.63, 3.8) is 0 Å². The predicted octanol–water partition coefficient (Wildman–Crippen LogP) is 5.33. The fourth-order valence-electron chi connectivity index (χ4n) is 3.52. The zero-order valence-electron chi connectivity index (χ0n) is 15.7. The van der Waals surface area contributed by atoms with Crippen LogP contribution in [-0.2, 0) is 11.2 Å². The summed E-state index contributed by atoms with van der Waals surface area (Å²) < 4.78 is 6.12. The molecule has 1 aromatic heterocycles. The highest BCUT2D eigenvalue weighted by Crippen LogP contribution is 2.33. The molecular weight excluding hydrogens is 416 g/mol. The average Bonchev–Trinajstić information content (AvgIpc) is 3.18. The van der Waals surface area contributed by atoms with E-state index in [1.54, 1.807) is 0 Å². The second-order valence-corrected chi connectivity index (χ2v) is 8.37. The van der Waals surface area contributed by atoms with Crippen LogP contribution in [0, 0.1) is 0 Å². The molecule has 0 aliphatic carbocycles. The third-order valence-electron chi connectivity index (χ3n) is 5.08. The number of halogens is 1. The van der Waals surface area contributed by atoms with E-state index in [1.807, 2.05) is 65.6 Å². The summed E-state index contributed by atoms with van der Waals surface area (Å²) in [5, 5.41) is 0. The molecule has 3 aromatic rings. The number of oxazole rings is 1. The van der Waals surface area contributed by atoms with Gasteiger partial charge in [0, 0.05) is 41.9 Å². The van der Waals surface area contributed by atoms with Gasteiger partial charge in [-0.2, -0.15) is 0 Å². The molecule has 0 radical (unpaired) electrons. The van der Waals surface area contributed by atoms with Crippen molar-refractivity contribution in [2.75, 3.05) is 13.1 Å². The SMILES string of the molecule is O=C(CCc1nc(-c2ccccc2)c(-c2ccccc2)o1)N1CCC(Br)CC1. The van der Waals surface area contributed by atoms with Gasteiger partial charge in [0.15, 0.2) is 11.7 Å². The molecule has 144 valence electrons. The first kappa shape index (κ1) is 18.9. The summed E-state index contributed by atoms with van der Waals surface area (Å²) in [5.41, 5.74) is 2.84. The zero-order valence-corrected chi connectivity index (χ0v) is 17.3. The molecule has 4 rings (SSSR count). The smallest absolute Gasteiger partial charge is 0.223 e. The van der Waals surface area contributed by atoms with Crippen molar-refractivity contribution >= 4 is 21.8 Å². The molecule has 0 N–H and O–H groups in total. The van der Waals surface area contributed by atoms with E-state index in [4.69, 9.17) is 9.40 Å². The van der Waals surface area contributed by atoms with E-state index in [-0.39, 0.29) is 5.91 Å². The van der Waals surface area contributed by atoms with Crippen LogP contribution in [-0.4, -0.2) is 33.7 Å². The third-order valence-corrected chi connectivity index (χ3v) is 6.00. The van der Waals surface area contributed by atoms with E-state index in [1.165, 1.54) is 0 Å². The van der Waals surface area contributed by atoms with Crippen LogP contribution in [0.3, 0.4) is 0 Å². The summed E-state index contributed by atoms with van der Waals surface area (Å²) in [6.07, 6.45) is 2.97. The molecule has 1 fully saturated rings. The van der Waals surface area contributed by atoms with Gasteiger partial charge in [-0.1, -0.05) is 76.6 Å². The van der Waals surface area contributed by atoms with Crippen LogP contribution in [0.5, 0.6) is 0 Å². The lowest BCUT2D eigenvalue weighted by Crippen LogP contribution is -2.38. The van der Waals surface area contributed by atoms with Crippen LogP contribution >= 0.6 is 15.9 Å². The Labute approximate surface area is 173 Å². The number of rotatable bonds is 5. The van der Waals surface area contributed by atoms with Crippen molar-refractivity contribution in [1.82, 2.24) is 9.88 Å². The van der Waals surface area contributed by atoms with Crippen LogP contribution in [0.15, 0.2) is 65.1 Å². The van der Waals surface area contributed by atoms with Gasteiger partial charge in [-0.25, -0.2) is 4.98 Å². The number of alkyl halides is 1. The monoisotopic (exact) mass is 438 g/mol. The number of carbonyl (C=O) groups excluding carboxylic acids is 1. The van der Waals surface area contributed by atoms with Gasteiger partial charge >= 0.3 is 0 Å². The molecule has 2 heterocycles. The number of piperidine rings is 1. The fourth-order valence-corrected chi connectivity index (χ4v) is 3.93. The minimum atomic E-state index is 0.181. The van der Waals surface area contributed by atoms with Crippen LogP contribution in [0.4, 0.5) is 0 Å². The van der Waals surface area contributed by atoms with Gasteiger partial charge in [-0.05, 0) is 12.8 Å². The Morgan fingerprint density at radius 1 is 1.00 bits per heavy atom. The summed E-state index contributed by atoms with van der Waals surface area (Å²) in [7, 11) is 0. The molecule has 0 atom stereocenters. The maximum Gasteiger partial charge on any atom is 0.223 e. The van der Waals surface area contributed by atoms with Crippen LogP contribution < -0.4 is 0 Å². The summed E-state index contributed by atoms with van der Waals surface area (Å²) in [6.45, 7) is 1.65. The minimum absolute atomic E-state index is 0.181. The third kappa shape index (κ3) is 4.36. The lowest BCUT2D eigenvalue weighted by molar-refractivity contribution is -0.132. The highest BCUT2D eigenvalue weighted by Gasteiger charge is 2.22. The van der Waals surface area contributed by atoms with E-state index in [0.717, 1.165) is 48.5 Å². The Balaban J connectivity index is 1.53. The van der Waals surface area contributed by atoms with Gasteiger partial charge in [0.2, 0.25) is 5.91 Å². The molecule has 1 aliphatic rings. The predicted molar refractivity (Wildman–Crippen MR) is 114 cm³/mol. The molecule has 1 amide bonds. The van der Waals surface area contributed by atoms with Crippen molar-refractivity contribution in [3.8, 4) is 22.6 Å². The highest BCUT2D eigenvalue weighted by atomic mass is 79.9. The maximum absolute atomic E-state index is 12.6. The Bertz CT molecular complexity index is 859. The van der Waals surface area contributed by atoms with Crippen molar-refractivity contribution in [2.45, 2.75) is 30.5 Å². The topological polar surface area (TPSA) is 46.3 Å². The zero-order chi connectivity index (χ0) is 19.3. The Morgan fingerprint density at radius 3 is 2.25 bits per heavy atom.